The number of nitrogens with zero attached hydrogens (tertiary/aromatic N) is 1. The number of hydrogen-bond donors (Lipinski definition) is 2. The summed E-state index contributed by atoms with van der Waals surface area (Å²) in [6, 6.07) is 0.833. The fourth-order valence-corrected chi connectivity index (χ4v) is 1.97. The smallest absolute Gasteiger partial charge is 0.0608 e. The summed E-state index contributed by atoms with van der Waals surface area (Å²) in [4.78, 5) is 2.60. The third kappa shape index (κ3) is 3.74. The van der Waals surface area contributed by atoms with Crippen LogP contribution in [0.3, 0.4) is 0 Å². The standard InChI is InChI=1S/C12H24N2O/c1-12(13,9-15)6-7-14(11-4-5-11)8-10-2-3-10/h10-11,15H,2-9,13H2,1H3. The summed E-state index contributed by atoms with van der Waals surface area (Å²) >= 11 is 0. The average molecular weight is 212 g/mol. The van der Waals surface area contributed by atoms with Crippen molar-refractivity contribution in [3.05, 3.63) is 0 Å². The van der Waals surface area contributed by atoms with Gasteiger partial charge in [-0.25, -0.2) is 0 Å². The molecule has 0 aromatic carbocycles. The Bertz CT molecular complexity index is 210. The van der Waals surface area contributed by atoms with Gasteiger partial charge in [0.2, 0.25) is 0 Å². The first kappa shape index (κ1) is 11.4. The van der Waals surface area contributed by atoms with Crippen LogP contribution >= 0.6 is 0 Å². The monoisotopic (exact) mass is 212 g/mol. The van der Waals surface area contributed by atoms with Gasteiger partial charge in [0.15, 0.2) is 0 Å². The molecule has 0 aromatic rings. The Hall–Kier alpha value is -0.120. The Kier molecular flexibility index (Phi) is 3.33. The topological polar surface area (TPSA) is 49.5 Å². The molecule has 2 rings (SSSR count). The zero-order chi connectivity index (χ0) is 10.9. The van der Waals surface area contributed by atoms with Gasteiger partial charge >= 0.3 is 0 Å². The SMILES string of the molecule is CC(N)(CO)CCN(CC1CC1)C1CC1. The molecule has 0 heterocycles. The largest absolute Gasteiger partial charge is 0.394 e. The van der Waals surface area contributed by atoms with Gasteiger partial charge in [-0.05, 0) is 44.9 Å². The van der Waals surface area contributed by atoms with E-state index in [2.05, 4.69) is 4.90 Å². The van der Waals surface area contributed by atoms with E-state index in [-0.39, 0.29) is 6.61 Å². The van der Waals surface area contributed by atoms with Crippen molar-refractivity contribution in [1.82, 2.24) is 4.90 Å². The van der Waals surface area contributed by atoms with Crippen LogP contribution in [0.5, 0.6) is 0 Å². The van der Waals surface area contributed by atoms with Crippen molar-refractivity contribution in [2.45, 2.75) is 50.6 Å². The number of aliphatic hydroxyl groups excluding tert-OH is 1. The maximum absolute atomic E-state index is 9.11. The highest BCUT2D eigenvalue weighted by Gasteiger charge is 2.34. The van der Waals surface area contributed by atoms with E-state index in [9.17, 15) is 0 Å². The molecule has 0 bridgehead atoms. The molecule has 0 spiro atoms. The number of aliphatic hydroxyl groups is 1. The average Bonchev–Trinajstić information content (AvgIpc) is 3.01. The molecule has 2 saturated carbocycles. The zero-order valence-corrected chi connectivity index (χ0v) is 9.78. The molecule has 1 atom stereocenters. The molecule has 0 radical (unpaired) electrons. The molecule has 3 heteroatoms. The third-order valence-electron chi connectivity index (χ3n) is 3.58. The van der Waals surface area contributed by atoms with E-state index in [4.69, 9.17) is 10.8 Å². The van der Waals surface area contributed by atoms with Crippen molar-refractivity contribution in [3.8, 4) is 0 Å². The van der Waals surface area contributed by atoms with E-state index < -0.39 is 5.54 Å². The second-order valence-electron chi connectivity index (χ2n) is 5.73. The van der Waals surface area contributed by atoms with E-state index in [0.29, 0.717) is 0 Å². The van der Waals surface area contributed by atoms with Crippen LogP contribution < -0.4 is 5.73 Å². The van der Waals surface area contributed by atoms with Gasteiger partial charge in [-0.15, -0.1) is 0 Å². The second-order valence-corrected chi connectivity index (χ2v) is 5.73. The first-order valence-electron chi connectivity index (χ1n) is 6.24. The third-order valence-corrected chi connectivity index (χ3v) is 3.58. The molecule has 2 aliphatic carbocycles. The van der Waals surface area contributed by atoms with Crippen LogP contribution in [-0.2, 0) is 0 Å². The van der Waals surface area contributed by atoms with Crippen LogP contribution in [0.4, 0.5) is 0 Å². The molecule has 0 amide bonds. The first-order chi connectivity index (χ1) is 7.11. The van der Waals surface area contributed by atoms with Crippen LogP contribution in [0, 0.1) is 5.92 Å². The molecule has 0 aliphatic heterocycles. The van der Waals surface area contributed by atoms with Crippen molar-refractivity contribution in [2.75, 3.05) is 19.7 Å². The minimum Gasteiger partial charge on any atom is -0.394 e. The maximum Gasteiger partial charge on any atom is 0.0608 e. The summed E-state index contributed by atoms with van der Waals surface area (Å²) in [7, 11) is 0. The van der Waals surface area contributed by atoms with Crippen LogP contribution in [0.15, 0.2) is 0 Å². The van der Waals surface area contributed by atoms with E-state index in [0.717, 1.165) is 24.9 Å². The highest BCUT2D eigenvalue weighted by molar-refractivity contribution is 4.90. The predicted molar refractivity (Wildman–Crippen MR) is 61.6 cm³/mol. The van der Waals surface area contributed by atoms with Crippen molar-refractivity contribution in [1.29, 1.82) is 0 Å². The summed E-state index contributed by atoms with van der Waals surface area (Å²) in [6.45, 7) is 4.37. The lowest BCUT2D eigenvalue weighted by atomic mass is 10.0. The van der Waals surface area contributed by atoms with E-state index in [1.807, 2.05) is 6.92 Å². The lowest BCUT2D eigenvalue weighted by Gasteiger charge is -2.28. The predicted octanol–water partition coefficient (Wildman–Crippen LogP) is 0.961. The molecule has 2 aliphatic rings. The summed E-state index contributed by atoms with van der Waals surface area (Å²) in [5, 5.41) is 9.11. The van der Waals surface area contributed by atoms with Gasteiger partial charge in [0.25, 0.3) is 0 Å². The first-order valence-corrected chi connectivity index (χ1v) is 6.24. The fraction of sp³-hybridized carbons (Fsp3) is 1.00. The van der Waals surface area contributed by atoms with Gasteiger partial charge in [-0.1, -0.05) is 0 Å². The molecule has 0 aromatic heterocycles. The van der Waals surface area contributed by atoms with Gasteiger partial charge < -0.3 is 15.7 Å². The lowest BCUT2D eigenvalue weighted by molar-refractivity contribution is 0.168. The Morgan fingerprint density at radius 2 is 2.00 bits per heavy atom. The number of nitrogens with two attached hydrogens (primary N) is 1. The van der Waals surface area contributed by atoms with Crippen molar-refractivity contribution >= 4 is 0 Å². The van der Waals surface area contributed by atoms with Crippen molar-refractivity contribution in [3.63, 3.8) is 0 Å². The minimum absolute atomic E-state index is 0.0922. The molecule has 0 saturated heterocycles. The Morgan fingerprint density at radius 1 is 1.33 bits per heavy atom. The van der Waals surface area contributed by atoms with Gasteiger partial charge in [-0.3, -0.25) is 0 Å². The Balaban J connectivity index is 1.73. The van der Waals surface area contributed by atoms with Crippen LogP contribution in [0.25, 0.3) is 0 Å². The van der Waals surface area contributed by atoms with Crippen LogP contribution in [0.1, 0.15) is 39.0 Å². The minimum atomic E-state index is -0.392. The second kappa shape index (κ2) is 4.40. The quantitative estimate of drug-likeness (QED) is 0.661. The van der Waals surface area contributed by atoms with Crippen molar-refractivity contribution < 1.29 is 5.11 Å². The highest BCUT2D eigenvalue weighted by Crippen LogP contribution is 2.35. The molecular weight excluding hydrogens is 188 g/mol. The van der Waals surface area contributed by atoms with Gasteiger partial charge in [0.1, 0.15) is 0 Å². The van der Waals surface area contributed by atoms with Crippen LogP contribution in [-0.4, -0.2) is 41.3 Å². The summed E-state index contributed by atoms with van der Waals surface area (Å²) in [6.07, 6.45) is 6.49. The molecule has 2 fully saturated rings. The summed E-state index contributed by atoms with van der Waals surface area (Å²) < 4.78 is 0. The molecule has 1 unspecified atom stereocenters. The van der Waals surface area contributed by atoms with Crippen molar-refractivity contribution in [2.24, 2.45) is 11.7 Å². The Labute approximate surface area is 92.6 Å². The normalized spacial score (nSPS) is 25.6. The number of rotatable bonds is 7. The number of hydrogen-bond acceptors (Lipinski definition) is 3. The summed E-state index contributed by atoms with van der Waals surface area (Å²) in [5.74, 6) is 0.962. The Morgan fingerprint density at radius 3 is 2.47 bits per heavy atom. The van der Waals surface area contributed by atoms with E-state index in [1.54, 1.807) is 0 Å². The van der Waals surface area contributed by atoms with E-state index in [1.165, 1.54) is 32.2 Å². The lowest BCUT2D eigenvalue weighted by Crippen LogP contribution is -2.44. The van der Waals surface area contributed by atoms with Gasteiger partial charge in [-0.2, -0.15) is 0 Å². The van der Waals surface area contributed by atoms with Gasteiger partial charge in [0, 0.05) is 24.7 Å². The highest BCUT2D eigenvalue weighted by atomic mass is 16.3. The molecule has 3 N–H and O–H groups in total. The molecule has 3 nitrogen and oxygen atoms in total. The summed E-state index contributed by atoms with van der Waals surface area (Å²) in [5.41, 5.74) is 5.56. The fourth-order valence-electron chi connectivity index (χ4n) is 1.97. The van der Waals surface area contributed by atoms with Crippen LogP contribution in [0.2, 0.25) is 0 Å². The maximum atomic E-state index is 9.11. The molecule has 88 valence electrons. The van der Waals surface area contributed by atoms with E-state index >= 15 is 0 Å². The zero-order valence-electron chi connectivity index (χ0n) is 9.78. The molecule has 15 heavy (non-hydrogen) atoms. The van der Waals surface area contributed by atoms with Gasteiger partial charge in [0.05, 0.1) is 6.61 Å². The molecular formula is C12H24N2O.